The first-order chi connectivity index (χ1) is 9.27. The van der Waals surface area contributed by atoms with E-state index in [0.717, 1.165) is 11.3 Å². The summed E-state index contributed by atoms with van der Waals surface area (Å²) in [5.41, 5.74) is -0.215. The fourth-order valence-corrected chi connectivity index (χ4v) is 2.65. The molecule has 2 heterocycles. The maximum Gasteiger partial charge on any atom is 0.434 e. The summed E-state index contributed by atoms with van der Waals surface area (Å²) in [5, 5.41) is 7.29. The van der Waals surface area contributed by atoms with E-state index in [1.807, 2.05) is 13.8 Å². The maximum atomic E-state index is 13.0. The number of thiazole rings is 1. The number of rotatable bonds is 4. The van der Waals surface area contributed by atoms with Gasteiger partial charge in [0.05, 0.1) is 11.1 Å². The molecule has 2 aromatic rings. The number of alkyl halides is 3. The molecule has 8 heteroatoms. The van der Waals surface area contributed by atoms with Crippen LogP contribution in [0.1, 0.15) is 24.4 Å². The number of aromatic nitrogens is 3. The van der Waals surface area contributed by atoms with Gasteiger partial charge in [0, 0.05) is 31.4 Å². The minimum absolute atomic E-state index is 0.111. The molecule has 0 radical (unpaired) electrons. The lowest BCUT2D eigenvalue weighted by molar-refractivity contribution is -0.141. The zero-order valence-electron chi connectivity index (χ0n) is 11.3. The van der Waals surface area contributed by atoms with Gasteiger partial charge in [0.25, 0.3) is 0 Å². The molecule has 0 fully saturated rings. The fourth-order valence-electron chi connectivity index (χ4n) is 1.64. The summed E-state index contributed by atoms with van der Waals surface area (Å²) in [4.78, 5) is 3.94. The highest BCUT2D eigenvalue weighted by atomic mass is 32.1. The number of nitrogens with zero attached hydrogens (tertiary/aromatic N) is 3. The van der Waals surface area contributed by atoms with Crippen LogP contribution in [0.3, 0.4) is 0 Å². The fraction of sp³-hybridized carbons (Fsp3) is 0.500. The van der Waals surface area contributed by atoms with Gasteiger partial charge in [-0.25, -0.2) is 4.98 Å². The summed E-state index contributed by atoms with van der Waals surface area (Å²) in [5.74, 6) is 0. The Morgan fingerprint density at radius 3 is 2.60 bits per heavy atom. The van der Waals surface area contributed by atoms with Gasteiger partial charge in [-0.3, -0.25) is 4.68 Å². The second-order valence-corrected chi connectivity index (χ2v) is 5.81. The van der Waals surface area contributed by atoms with Crippen LogP contribution in [0, 0.1) is 0 Å². The molecule has 110 valence electrons. The van der Waals surface area contributed by atoms with Crippen molar-refractivity contribution in [3.05, 3.63) is 23.0 Å². The van der Waals surface area contributed by atoms with Crippen LogP contribution >= 0.6 is 11.3 Å². The van der Waals surface area contributed by atoms with E-state index in [4.69, 9.17) is 0 Å². The Labute approximate surface area is 118 Å². The van der Waals surface area contributed by atoms with Crippen molar-refractivity contribution < 1.29 is 13.2 Å². The molecule has 0 spiro atoms. The summed E-state index contributed by atoms with van der Waals surface area (Å²) in [6, 6.07) is 0.111. The minimum Gasteiger partial charge on any atom is -0.310 e. The highest BCUT2D eigenvalue weighted by Gasteiger charge is 2.37. The van der Waals surface area contributed by atoms with E-state index in [0.29, 0.717) is 10.6 Å². The number of hydrogen-bond donors (Lipinski definition) is 1. The maximum absolute atomic E-state index is 13.0. The SMILES string of the molecule is CC(C)NCc1sc(-c2cnn(C)c2)nc1C(F)(F)F. The first-order valence-electron chi connectivity index (χ1n) is 6.06. The Morgan fingerprint density at radius 1 is 1.40 bits per heavy atom. The minimum atomic E-state index is -4.44. The predicted octanol–water partition coefficient (Wildman–Crippen LogP) is 3.06. The van der Waals surface area contributed by atoms with Crippen LogP contribution in [0.2, 0.25) is 0 Å². The van der Waals surface area contributed by atoms with Crippen molar-refractivity contribution in [1.82, 2.24) is 20.1 Å². The van der Waals surface area contributed by atoms with Gasteiger partial charge in [-0.15, -0.1) is 11.3 Å². The summed E-state index contributed by atoms with van der Waals surface area (Å²) >= 11 is 1.05. The molecule has 2 aromatic heterocycles. The molecular weight excluding hydrogens is 289 g/mol. The molecule has 20 heavy (non-hydrogen) atoms. The summed E-state index contributed by atoms with van der Waals surface area (Å²) in [6.45, 7) is 3.93. The van der Waals surface area contributed by atoms with Gasteiger partial charge in [0.2, 0.25) is 0 Å². The smallest absolute Gasteiger partial charge is 0.310 e. The van der Waals surface area contributed by atoms with Crippen LogP contribution in [-0.2, 0) is 19.8 Å². The molecule has 0 saturated carbocycles. The largest absolute Gasteiger partial charge is 0.434 e. The Bertz CT molecular complexity index is 586. The topological polar surface area (TPSA) is 42.7 Å². The molecule has 0 amide bonds. The number of nitrogens with one attached hydrogen (secondary N) is 1. The lowest BCUT2D eigenvalue weighted by Gasteiger charge is -2.09. The molecule has 4 nitrogen and oxygen atoms in total. The average Bonchev–Trinajstić information content (AvgIpc) is 2.91. The number of aryl methyl sites for hydroxylation is 1. The molecule has 0 aliphatic rings. The van der Waals surface area contributed by atoms with E-state index in [1.165, 1.54) is 10.9 Å². The van der Waals surface area contributed by atoms with Crippen molar-refractivity contribution in [2.24, 2.45) is 7.05 Å². The van der Waals surface area contributed by atoms with E-state index in [-0.39, 0.29) is 17.5 Å². The first kappa shape index (κ1) is 15.0. The van der Waals surface area contributed by atoms with Crippen molar-refractivity contribution in [1.29, 1.82) is 0 Å². The predicted molar refractivity (Wildman–Crippen MR) is 71.3 cm³/mol. The average molecular weight is 304 g/mol. The van der Waals surface area contributed by atoms with Gasteiger partial charge < -0.3 is 5.32 Å². The zero-order chi connectivity index (χ0) is 14.9. The van der Waals surface area contributed by atoms with Crippen LogP contribution in [-0.4, -0.2) is 20.8 Å². The lowest BCUT2D eigenvalue weighted by Crippen LogP contribution is -2.23. The monoisotopic (exact) mass is 304 g/mol. The third-order valence-electron chi connectivity index (χ3n) is 2.59. The first-order valence-corrected chi connectivity index (χ1v) is 6.88. The summed E-state index contributed by atoms with van der Waals surface area (Å²) in [6.07, 6.45) is -1.28. The lowest BCUT2D eigenvalue weighted by atomic mass is 10.3. The molecule has 0 unspecified atom stereocenters. The van der Waals surface area contributed by atoms with Crippen molar-refractivity contribution in [3.63, 3.8) is 0 Å². The van der Waals surface area contributed by atoms with Gasteiger partial charge in [-0.1, -0.05) is 13.8 Å². The molecule has 0 aliphatic heterocycles. The molecule has 0 aliphatic carbocycles. The van der Waals surface area contributed by atoms with Crippen molar-refractivity contribution in [2.75, 3.05) is 0 Å². The Kier molecular flexibility index (Phi) is 4.14. The van der Waals surface area contributed by atoms with Crippen LogP contribution in [0.25, 0.3) is 10.6 Å². The molecule has 0 bridgehead atoms. The van der Waals surface area contributed by atoms with Crippen LogP contribution in [0.4, 0.5) is 13.2 Å². The molecule has 1 N–H and O–H groups in total. The Balaban J connectivity index is 2.36. The van der Waals surface area contributed by atoms with Crippen LogP contribution in [0.5, 0.6) is 0 Å². The Hall–Kier alpha value is -1.41. The van der Waals surface area contributed by atoms with Crippen LogP contribution in [0.15, 0.2) is 12.4 Å². The molecule has 0 atom stereocenters. The van der Waals surface area contributed by atoms with E-state index >= 15 is 0 Å². The van der Waals surface area contributed by atoms with Crippen molar-refractivity contribution in [2.45, 2.75) is 32.6 Å². The number of hydrogen-bond acceptors (Lipinski definition) is 4. The van der Waals surface area contributed by atoms with Crippen molar-refractivity contribution in [3.8, 4) is 10.6 Å². The second kappa shape index (κ2) is 5.53. The molecule has 0 aromatic carbocycles. The van der Waals surface area contributed by atoms with Gasteiger partial charge in [0.1, 0.15) is 5.01 Å². The van der Waals surface area contributed by atoms with Crippen molar-refractivity contribution >= 4 is 11.3 Å². The second-order valence-electron chi connectivity index (χ2n) is 4.73. The Morgan fingerprint density at radius 2 is 2.10 bits per heavy atom. The van der Waals surface area contributed by atoms with Gasteiger partial charge >= 0.3 is 6.18 Å². The molecular formula is C12H15F3N4S. The highest BCUT2D eigenvalue weighted by Crippen LogP contribution is 2.37. The quantitative estimate of drug-likeness (QED) is 0.944. The van der Waals surface area contributed by atoms with E-state index in [1.54, 1.807) is 13.2 Å². The zero-order valence-corrected chi connectivity index (χ0v) is 12.1. The highest BCUT2D eigenvalue weighted by molar-refractivity contribution is 7.15. The normalized spacial score (nSPS) is 12.3. The summed E-state index contributed by atoms with van der Waals surface area (Å²) < 4.78 is 40.5. The third-order valence-corrected chi connectivity index (χ3v) is 3.69. The van der Waals surface area contributed by atoms with Gasteiger partial charge in [0.15, 0.2) is 5.69 Å². The molecule has 2 rings (SSSR count). The molecule has 0 saturated heterocycles. The van der Waals surface area contributed by atoms with Gasteiger partial charge in [-0.05, 0) is 0 Å². The number of halogens is 3. The van der Waals surface area contributed by atoms with E-state index in [9.17, 15) is 13.2 Å². The van der Waals surface area contributed by atoms with Gasteiger partial charge in [-0.2, -0.15) is 18.3 Å². The van der Waals surface area contributed by atoms with E-state index < -0.39 is 11.9 Å². The van der Waals surface area contributed by atoms with Crippen LogP contribution < -0.4 is 5.32 Å². The van der Waals surface area contributed by atoms with E-state index in [2.05, 4.69) is 15.4 Å². The third kappa shape index (κ3) is 3.37. The summed E-state index contributed by atoms with van der Waals surface area (Å²) in [7, 11) is 1.71. The standard InChI is InChI=1S/C12H15F3N4S/c1-7(2)16-5-9-10(12(13,14)15)18-11(20-9)8-4-17-19(3)6-8/h4,6-7,16H,5H2,1-3H3.